The molecule has 0 fully saturated rings. The van der Waals surface area contributed by atoms with Crippen LogP contribution in [0, 0.1) is 0 Å². The van der Waals surface area contributed by atoms with Crippen LogP contribution >= 0.6 is 0 Å². The zero-order chi connectivity index (χ0) is 9.19. The molecule has 0 atom stereocenters. The molecule has 3 nitrogen and oxygen atoms in total. The van der Waals surface area contributed by atoms with Gasteiger partial charge in [0, 0.05) is 11.8 Å². The monoisotopic (exact) mass is 172 g/mol. The maximum atomic E-state index is 13.3. The van der Waals surface area contributed by atoms with Crippen LogP contribution in [-0.4, -0.2) is 21.5 Å². The fourth-order valence-corrected chi connectivity index (χ4v) is 0.895. The van der Waals surface area contributed by atoms with Crippen molar-refractivity contribution in [2.45, 2.75) is 26.1 Å². The quantitative estimate of drug-likeness (QED) is 0.740. The molecule has 0 saturated carbocycles. The lowest BCUT2D eigenvalue weighted by atomic mass is 10.1. The number of aliphatic hydroxyl groups is 1. The topological polar surface area (TPSA) is 38.0 Å². The van der Waals surface area contributed by atoms with Crippen LogP contribution in [-0.2, 0) is 12.2 Å². The number of alkyl halides is 1. The third-order valence-corrected chi connectivity index (χ3v) is 1.65. The summed E-state index contributed by atoms with van der Waals surface area (Å²) in [4.78, 5) is 0. The number of aliphatic hydroxyl groups excluding tert-OH is 1. The fourth-order valence-electron chi connectivity index (χ4n) is 0.895. The summed E-state index contributed by atoms with van der Waals surface area (Å²) in [6, 6.07) is 0. The molecule has 4 heteroatoms. The first-order chi connectivity index (χ1) is 5.54. The first kappa shape index (κ1) is 9.19. The zero-order valence-corrected chi connectivity index (χ0v) is 7.29. The van der Waals surface area contributed by atoms with Crippen LogP contribution in [0.3, 0.4) is 0 Å². The molecule has 12 heavy (non-hydrogen) atoms. The van der Waals surface area contributed by atoms with Crippen molar-refractivity contribution in [1.82, 2.24) is 9.78 Å². The molecule has 0 unspecified atom stereocenters. The highest BCUT2D eigenvalue weighted by Gasteiger charge is 2.20. The lowest BCUT2D eigenvalue weighted by Gasteiger charge is -2.09. The minimum Gasteiger partial charge on any atom is -0.394 e. The first-order valence-corrected chi connectivity index (χ1v) is 3.87. The SMILES string of the molecule is CC(C)(F)c1cnn(CCO)c1. The Morgan fingerprint density at radius 3 is 2.75 bits per heavy atom. The van der Waals surface area contributed by atoms with Gasteiger partial charge in [-0.3, -0.25) is 4.68 Å². The minimum absolute atomic E-state index is 0.0217. The van der Waals surface area contributed by atoms with E-state index in [4.69, 9.17) is 5.11 Å². The van der Waals surface area contributed by atoms with E-state index in [1.807, 2.05) is 0 Å². The molecule has 1 rings (SSSR count). The number of nitrogens with zero attached hydrogens (tertiary/aromatic N) is 2. The fraction of sp³-hybridized carbons (Fsp3) is 0.625. The normalized spacial score (nSPS) is 12.0. The van der Waals surface area contributed by atoms with E-state index in [2.05, 4.69) is 5.10 Å². The highest BCUT2D eigenvalue weighted by atomic mass is 19.1. The summed E-state index contributed by atoms with van der Waals surface area (Å²) in [5, 5.41) is 12.5. The second kappa shape index (κ2) is 3.23. The number of hydrogen-bond acceptors (Lipinski definition) is 2. The van der Waals surface area contributed by atoms with Crippen molar-refractivity contribution < 1.29 is 9.50 Å². The summed E-state index contributed by atoms with van der Waals surface area (Å²) in [5.41, 5.74) is -0.816. The van der Waals surface area contributed by atoms with Gasteiger partial charge in [-0.25, -0.2) is 4.39 Å². The van der Waals surface area contributed by atoms with Gasteiger partial charge in [0.05, 0.1) is 19.3 Å². The van der Waals surface area contributed by atoms with E-state index in [1.165, 1.54) is 24.7 Å². The molecule has 0 aliphatic rings. The molecule has 0 amide bonds. The standard InChI is InChI=1S/C8H13FN2O/c1-8(2,9)7-5-10-11(6-7)3-4-12/h5-6,12H,3-4H2,1-2H3. The molecule has 1 heterocycles. The molecule has 68 valence electrons. The van der Waals surface area contributed by atoms with E-state index in [9.17, 15) is 4.39 Å². The second-order valence-electron chi connectivity index (χ2n) is 3.19. The molecular weight excluding hydrogens is 159 g/mol. The minimum atomic E-state index is -1.35. The van der Waals surface area contributed by atoms with Crippen molar-refractivity contribution in [3.05, 3.63) is 18.0 Å². The van der Waals surface area contributed by atoms with Gasteiger partial charge in [0.15, 0.2) is 0 Å². The van der Waals surface area contributed by atoms with E-state index in [0.29, 0.717) is 12.1 Å². The number of aromatic nitrogens is 2. The molecule has 0 bridgehead atoms. The van der Waals surface area contributed by atoms with Gasteiger partial charge in [-0.2, -0.15) is 5.10 Å². The summed E-state index contributed by atoms with van der Waals surface area (Å²) in [5.74, 6) is 0. The van der Waals surface area contributed by atoms with Gasteiger partial charge in [-0.05, 0) is 13.8 Å². The largest absolute Gasteiger partial charge is 0.394 e. The van der Waals surface area contributed by atoms with Gasteiger partial charge < -0.3 is 5.11 Å². The van der Waals surface area contributed by atoms with Gasteiger partial charge in [0.25, 0.3) is 0 Å². The summed E-state index contributed by atoms with van der Waals surface area (Å²) in [6.07, 6.45) is 3.09. The molecule has 0 spiro atoms. The molecule has 0 aromatic carbocycles. The summed E-state index contributed by atoms with van der Waals surface area (Å²) >= 11 is 0. The van der Waals surface area contributed by atoms with E-state index in [0.717, 1.165) is 0 Å². The van der Waals surface area contributed by atoms with Crippen molar-refractivity contribution in [2.24, 2.45) is 0 Å². The molecule has 0 saturated heterocycles. The molecular formula is C8H13FN2O. The van der Waals surface area contributed by atoms with Crippen LogP contribution in [0.15, 0.2) is 12.4 Å². The van der Waals surface area contributed by atoms with Crippen LogP contribution < -0.4 is 0 Å². The van der Waals surface area contributed by atoms with E-state index in [-0.39, 0.29) is 6.61 Å². The highest BCUT2D eigenvalue weighted by molar-refractivity contribution is 5.12. The molecule has 0 radical (unpaired) electrons. The molecule has 0 aliphatic carbocycles. The van der Waals surface area contributed by atoms with Gasteiger partial charge >= 0.3 is 0 Å². The van der Waals surface area contributed by atoms with E-state index >= 15 is 0 Å². The molecule has 1 aromatic rings. The average Bonchev–Trinajstić information content (AvgIpc) is 2.35. The van der Waals surface area contributed by atoms with Gasteiger partial charge in [-0.15, -0.1) is 0 Å². The van der Waals surface area contributed by atoms with Crippen molar-refractivity contribution in [1.29, 1.82) is 0 Å². The summed E-state index contributed by atoms with van der Waals surface area (Å²) < 4.78 is 14.8. The predicted molar refractivity (Wildman–Crippen MR) is 43.4 cm³/mol. The van der Waals surface area contributed by atoms with Crippen LogP contribution in [0.2, 0.25) is 0 Å². The molecule has 1 aromatic heterocycles. The number of hydrogen-bond donors (Lipinski definition) is 1. The van der Waals surface area contributed by atoms with Gasteiger partial charge in [0.2, 0.25) is 0 Å². The third kappa shape index (κ3) is 2.04. The molecule has 0 aliphatic heterocycles. The Bertz CT molecular complexity index is 252. The van der Waals surface area contributed by atoms with Gasteiger partial charge in [-0.1, -0.05) is 0 Å². The van der Waals surface area contributed by atoms with Crippen molar-refractivity contribution in [2.75, 3.05) is 6.61 Å². The summed E-state index contributed by atoms with van der Waals surface area (Å²) in [6.45, 7) is 3.39. The smallest absolute Gasteiger partial charge is 0.133 e. The lowest BCUT2D eigenvalue weighted by molar-refractivity contribution is 0.221. The average molecular weight is 172 g/mol. The highest BCUT2D eigenvalue weighted by Crippen LogP contribution is 2.23. The van der Waals surface area contributed by atoms with Crippen molar-refractivity contribution >= 4 is 0 Å². The lowest BCUT2D eigenvalue weighted by Crippen LogP contribution is -2.08. The Labute approximate surface area is 70.8 Å². The molecule has 1 N–H and O–H groups in total. The Balaban J connectivity index is 2.77. The van der Waals surface area contributed by atoms with Crippen molar-refractivity contribution in [3.63, 3.8) is 0 Å². The van der Waals surface area contributed by atoms with E-state index in [1.54, 1.807) is 6.20 Å². The van der Waals surface area contributed by atoms with Crippen LogP contribution in [0.4, 0.5) is 4.39 Å². The second-order valence-corrected chi connectivity index (χ2v) is 3.19. The van der Waals surface area contributed by atoms with Crippen molar-refractivity contribution in [3.8, 4) is 0 Å². The summed E-state index contributed by atoms with van der Waals surface area (Å²) in [7, 11) is 0. The Morgan fingerprint density at radius 2 is 2.33 bits per heavy atom. The maximum absolute atomic E-state index is 13.3. The predicted octanol–water partition coefficient (Wildman–Crippen LogP) is 1.08. The third-order valence-electron chi connectivity index (χ3n) is 1.65. The Morgan fingerprint density at radius 1 is 1.67 bits per heavy atom. The Kier molecular flexibility index (Phi) is 2.47. The number of rotatable bonds is 3. The first-order valence-electron chi connectivity index (χ1n) is 3.87. The maximum Gasteiger partial charge on any atom is 0.133 e. The van der Waals surface area contributed by atoms with Crippen LogP contribution in [0.5, 0.6) is 0 Å². The van der Waals surface area contributed by atoms with Crippen LogP contribution in [0.25, 0.3) is 0 Å². The van der Waals surface area contributed by atoms with E-state index < -0.39 is 5.67 Å². The number of halogens is 1. The Hall–Kier alpha value is -0.900. The van der Waals surface area contributed by atoms with Gasteiger partial charge in [0.1, 0.15) is 5.67 Å². The zero-order valence-electron chi connectivity index (χ0n) is 7.29. The van der Waals surface area contributed by atoms with Crippen LogP contribution in [0.1, 0.15) is 19.4 Å².